The average molecular weight is 501 g/mol. The Morgan fingerprint density at radius 2 is 2.00 bits per heavy atom. The van der Waals surface area contributed by atoms with Gasteiger partial charge in [0.05, 0.1) is 29.0 Å². The molecule has 3 aromatic rings. The number of nitrogens with zero attached hydrogens (tertiary/aromatic N) is 5. The zero-order chi connectivity index (χ0) is 26.3. The molecular weight excluding hydrogens is 472 g/mol. The number of hydrogen-bond donors (Lipinski definition) is 3. The van der Waals surface area contributed by atoms with Gasteiger partial charge in [-0.3, -0.25) is 19.4 Å². The third-order valence-corrected chi connectivity index (χ3v) is 7.41. The normalized spacial score (nSPS) is 19.9. The lowest BCUT2D eigenvalue weighted by atomic mass is 10.00. The highest BCUT2D eigenvalue weighted by Gasteiger charge is 2.54. The van der Waals surface area contributed by atoms with Gasteiger partial charge >= 0.3 is 0 Å². The Morgan fingerprint density at radius 1 is 1.22 bits per heavy atom. The monoisotopic (exact) mass is 500 g/mol. The molecule has 4 heterocycles. The van der Waals surface area contributed by atoms with Gasteiger partial charge in [-0.15, -0.1) is 0 Å². The van der Waals surface area contributed by atoms with E-state index in [9.17, 15) is 19.6 Å². The van der Waals surface area contributed by atoms with Crippen molar-refractivity contribution in [1.29, 1.82) is 5.26 Å². The van der Waals surface area contributed by atoms with Gasteiger partial charge in [-0.2, -0.15) is 10.4 Å². The summed E-state index contributed by atoms with van der Waals surface area (Å²) >= 11 is 0. The number of nitrogens with one attached hydrogen (secondary N) is 2. The molecule has 0 radical (unpaired) electrons. The van der Waals surface area contributed by atoms with Gasteiger partial charge in [0.2, 0.25) is 5.91 Å². The predicted molar refractivity (Wildman–Crippen MR) is 135 cm³/mol. The molecule has 1 aliphatic carbocycles. The molecule has 1 saturated heterocycles. The molecule has 3 amide bonds. The second-order valence-electron chi connectivity index (χ2n) is 9.69. The molecule has 37 heavy (non-hydrogen) atoms. The number of carbonyl (C=O) groups is 3. The number of hydrogen-bond acceptors (Lipinski definition) is 7. The van der Waals surface area contributed by atoms with Gasteiger partial charge in [-0.1, -0.05) is 13.0 Å². The predicted octanol–water partition coefficient (Wildman–Crippen LogP) is 1.81. The van der Waals surface area contributed by atoms with Crippen LogP contribution in [0.2, 0.25) is 0 Å². The van der Waals surface area contributed by atoms with Crippen molar-refractivity contribution in [2.24, 2.45) is 17.1 Å². The maximum atomic E-state index is 13.0. The van der Waals surface area contributed by atoms with Crippen molar-refractivity contribution >= 4 is 28.9 Å². The first kappa shape index (κ1) is 24.2. The maximum Gasteiger partial charge on any atom is 0.269 e. The summed E-state index contributed by atoms with van der Waals surface area (Å²) < 4.78 is 1.66. The Balaban J connectivity index is 1.48. The number of pyridine rings is 1. The van der Waals surface area contributed by atoms with Gasteiger partial charge in [0.1, 0.15) is 11.1 Å². The van der Waals surface area contributed by atoms with Crippen LogP contribution in [0.15, 0.2) is 36.8 Å². The Bertz CT molecular complexity index is 1430. The molecule has 2 aliphatic rings. The van der Waals surface area contributed by atoms with Crippen LogP contribution in [0.3, 0.4) is 0 Å². The van der Waals surface area contributed by atoms with Crippen molar-refractivity contribution in [1.82, 2.24) is 24.8 Å². The van der Waals surface area contributed by atoms with Gasteiger partial charge in [0.25, 0.3) is 11.8 Å². The number of nitrogens with two attached hydrogens (primary N) is 1. The number of aromatic nitrogens is 3. The molecular formula is C26H28N8O3. The van der Waals surface area contributed by atoms with Gasteiger partial charge in [0, 0.05) is 49.7 Å². The summed E-state index contributed by atoms with van der Waals surface area (Å²) in [6.07, 6.45) is 6.89. The Kier molecular flexibility index (Phi) is 6.03. The van der Waals surface area contributed by atoms with Crippen molar-refractivity contribution in [2.75, 3.05) is 25.5 Å². The largest absolute Gasteiger partial charge is 0.378 e. The summed E-state index contributed by atoms with van der Waals surface area (Å²) in [5, 5.41) is 19.9. The van der Waals surface area contributed by atoms with Crippen molar-refractivity contribution in [3.8, 4) is 17.2 Å². The van der Waals surface area contributed by atoms with Crippen molar-refractivity contribution in [3.05, 3.63) is 48.0 Å². The lowest BCUT2D eigenvalue weighted by Crippen LogP contribution is -2.36. The van der Waals surface area contributed by atoms with E-state index in [0.29, 0.717) is 42.8 Å². The summed E-state index contributed by atoms with van der Waals surface area (Å²) in [6, 6.07) is 7.39. The van der Waals surface area contributed by atoms with Gasteiger partial charge in [-0.25, -0.2) is 4.52 Å². The Morgan fingerprint density at radius 3 is 2.59 bits per heavy atom. The molecule has 1 aliphatic heterocycles. The Labute approximate surface area is 213 Å². The van der Waals surface area contributed by atoms with E-state index in [2.05, 4.69) is 33.7 Å². The summed E-state index contributed by atoms with van der Waals surface area (Å²) in [4.78, 5) is 43.2. The van der Waals surface area contributed by atoms with E-state index in [4.69, 9.17) is 5.73 Å². The first-order valence-corrected chi connectivity index (χ1v) is 12.3. The Hall–Kier alpha value is -4.46. The third kappa shape index (κ3) is 4.24. The van der Waals surface area contributed by atoms with Crippen molar-refractivity contribution in [2.45, 2.75) is 32.2 Å². The van der Waals surface area contributed by atoms with Crippen LogP contribution in [0, 0.1) is 22.7 Å². The standard InChI is InChI=1S/C26H28N8O3/c1-3-15-11-33(25(37)26(14-27)6-7-26)13-20(15)32-22-18(23(28)35)10-31-34-12-17(8-21(22)34)16-4-5-19(30-9-16)24(36)29-2/h4-5,8-10,12,15,20,32H,3,6-7,11,13H2,1-2H3,(H2,28,35)(H,29,36)/t15-,20-/m1/s1. The highest BCUT2D eigenvalue weighted by molar-refractivity contribution is 6.02. The minimum atomic E-state index is -0.868. The number of likely N-dealkylation sites (tertiary alicyclic amines) is 1. The van der Waals surface area contributed by atoms with Gasteiger partial charge < -0.3 is 21.3 Å². The summed E-state index contributed by atoms with van der Waals surface area (Å²) in [5.41, 5.74) is 8.17. The second kappa shape index (κ2) is 9.20. The van der Waals surface area contributed by atoms with Crippen LogP contribution in [-0.2, 0) is 4.79 Å². The van der Waals surface area contributed by atoms with Crippen LogP contribution < -0.4 is 16.4 Å². The molecule has 11 nitrogen and oxygen atoms in total. The molecule has 0 unspecified atom stereocenters. The fraction of sp³-hybridized carbons (Fsp3) is 0.385. The van der Waals surface area contributed by atoms with E-state index in [1.54, 1.807) is 34.8 Å². The van der Waals surface area contributed by atoms with Crippen LogP contribution in [0.1, 0.15) is 47.0 Å². The summed E-state index contributed by atoms with van der Waals surface area (Å²) in [6.45, 7) is 3.05. The first-order valence-electron chi connectivity index (χ1n) is 12.3. The van der Waals surface area contributed by atoms with E-state index in [1.807, 2.05) is 12.3 Å². The minimum Gasteiger partial charge on any atom is -0.378 e. The quantitative estimate of drug-likeness (QED) is 0.446. The highest BCUT2D eigenvalue weighted by atomic mass is 16.2. The zero-order valence-electron chi connectivity index (χ0n) is 20.7. The number of carbonyl (C=O) groups excluding carboxylic acids is 3. The van der Waals surface area contributed by atoms with E-state index < -0.39 is 11.3 Å². The molecule has 4 N–H and O–H groups in total. The molecule has 3 aromatic heterocycles. The highest BCUT2D eigenvalue weighted by Crippen LogP contribution is 2.47. The van der Waals surface area contributed by atoms with Crippen LogP contribution in [-0.4, -0.2) is 63.4 Å². The number of amides is 3. The second-order valence-corrected chi connectivity index (χ2v) is 9.69. The third-order valence-electron chi connectivity index (χ3n) is 7.41. The van der Waals surface area contributed by atoms with E-state index >= 15 is 0 Å². The summed E-state index contributed by atoms with van der Waals surface area (Å²) in [5.74, 6) is -0.851. The average Bonchev–Trinajstić information content (AvgIpc) is 3.42. The lowest BCUT2D eigenvalue weighted by Gasteiger charge is -2.22. The molecule has 2 fully saturated rings. The number of primary amides is 1. The van der Waals surface area contributed by atoms with Crippen LogP contribution in [0.5, 0.6) is 0 Å². The molecule has 0 aromatic carbocycles. The number of rotatable bonds is 7. The van der Waals surface area contributed by atoms with Gasteiger partial charge in [-0.05, 0) is 37.3 Å². The fourth-order valence-electron chi connectivity index (χ4n) is 4.98. The van der Waals surface area contributed by atoms with Crippen LogP contribution >= 0.6 is 0 Å². The number of anilines is 1. The maximum absolute atomic E-state index is 13.0. The molecule has 11 heteroatoms. The minimum absolute atomic E-state index is 0.106. The zero-order valence-corrected chi connectivity index (χ0v) is 20.7. The van der Waals surface area contributed by atoms with Crippen LogP contribution in [0.25, 0.3) is 16.6 Å². The molecule has 190 valence electrons. The molecule has 1 saturated carbocycles. The van der Waals surface area contributed by atoms with Gasteiger partial charge in [0.15, 0.2) is 0 Å². The lowest BCUT2D eigenvalue weighted by molar-refractivity contribution is -0.134. The molecule has 2 atom stereocenters. The fourth-order valence-corrected chi connectivity index (χ4v) is 4.98. The van der Waals surface area contributed by atoms with Crippen molar-refractivity contribution in [3.63, 3.8) is 0 Å². The van der Waals surface area contributed by atoms with Crippen LogP contribution in [0.4, 0.5) is 5.69 Å². The summed E-state index contributed by atoms with van der Waals surface area (Å²) in [7, 11) is 1.55. The molecule has 0 bridgehead atoms. The topological polar surface area (TPSA) is 159 Å². The number of nitriles is 1. The SMILES string of the molecule is CC[C@@H]1CN(C(=O)C2(C#N)CC2)C[C@H]1Nc1c(C(N)=O)cnn2cc(-c3ccc(C(=O)NC)nc3)cc12. The molecule has 0 spiro atoms. The van der Waals surface area contributed by atoms with E-state index in [-0.39, 0.29) is 29.3 Å². The molecule has 5 rings (SSSR count). The van der Waals surface area contributed by atoms with Crippen molar-refractivity contribution < 1.29 is 14.4 Å². The van der Waals surface area contributed by atoms with E-state index in [1.165, 1.54) is 6.20 Å². The first-order chi connectivity index (χ1) is 17.8. The smallest absolute Gasteiger partial charge is 0.269 e. The number of fused-ring (bicyclic) bond motifs is 1. The van der Waals surface area contributed by atoms with E-state index in [0.717, 1.165) is 17.5 Å².